The fourth-order valence-corrected chi connectivity index (χ4v) is 2.23. The molecular formula is C14H27NO3. The summed E-state index contributed by atoms with van der Waals surface area (Å²) in [6.45, 7) is 8.78. The summed E-state index contributed by atoms with van der Waals surface area (Å²) in [5, 5.41) is 0. The SMILES string of the molecule is CC(C)(C)CC(CN)C(=O)OCC1CCOCC1. The molecule has 0 spiro atoms. The molecule has 18 heavy (non-hydrogen) atoms. The zero-order valence-corrected chi connectivity index (χ0v) is 11.9. The van der Waals surface area contributed by atoms with Crippen LogP contribution in [0.1, 0.15) is 40.0 Å². The van der Waals surface area contributed by atoms with E-state index in [1.165, 1.54) is 0 Å². The van der Waals surface area contributed by atoms with Gasteiger partial charge in [0, 0.05) is 19.8 Å². The van der Waals surface area contributed by atoms with E-state index in [9.17, 15) is 4.79 Å². The lowest BCUT2D eigenvalue weighted by Crippen LogP contribution is -2.31. The number of hydrogen-bond donors (Lipinski definition) is 1. The molecule has 0 radical (unpaired) electrons. The van der Waals surface area contributed by atoms with Crippen LogP contribution in [0.4, 0.5) is 0 Å². The highest BCUT2D eigenvalue weighted by molar-refractivity contribution is 5.72. The molecule has 0 amide bonds. The minimum Gasteiger partial charge on any atom is -0.465 e. The topological polar surface area (TPSA) is 61.6 Å². The van der Waals surface area contributed by atoms with E-state index in [4.69, 9.17) is 15.2 Å². The van der Waals surface area contributed by atoms with Crippen molar-refractivity contribution in [2.24, 2.45) is 23.0 Å². The third kappa shape index (κ3) is 5.83. The first kappa shape index (κ1) is 15.4. The van der Waals surface area contributed by atoms with Crippen LogP contribution in [-0.4, -0.2) is 32.3 Å². The molecule has 0 saturated carbocycles. The van der Waals surface area contributed by atoms with E-state index in [2.05, 4.69) is 20.8 Å². The van der Waals surface area contributed by atoms with Gasteiger partial charge in [0.1, 0.15) is 0 Å². The Labute approximate surface area is 110 Å². The van der Waals surface area contributed by atoms with Crippen molar-refractivity contribution in [3.8, 4) is 0 Å². The van der Waals surface area contributed by atoms with Gasteiger partial charge in [0.2, 0.25) is 0 Å². The van der Waals surface area contributed by atoms with E-state index in [0.29, 0.717) is 19.1 Å². The normalized spacial score (nSPS) is 19.6. The number of esters is 1. The van der Waals surface area contributed by atoms with Gasteiger partial charge in [-0.2, -0.15) is 0 Å². The molecule has 0 aromatic carbocycles. The maximum Gasteiger partial charge on any atom is 0.310 e. The van der Waals surface area contributed by atoms with Crippen molar-refractivity contribution >= 4 is 5.97 Å². The molecule has 1 unspecified atom stereocenters. The Kier molecular flexibility index (Phi) is 6.09. The van der Waals surface area contributed by atoms with Crippen LogP contribution < -0.4 is 5.73 Å². The van der Waals surface area contributed by atoms with Gasteiger partial charge in [0.05, 0.1) is 12.5 Å². The van der Waals surface area contributed by atoms with Gasteiger partial charge < -0.3 is 15.2 Å². The predicted molar refractivity (Wildman–Crippen MR) is 71.1 cm³/mol. The number of nitrogens with two attached hydrogens (primary N) is 1. The van der Waals surface area contributed by atoms with Gasteiger partial charge in [-0.25, -0.2) is 0 Å². The Morgan fingerprint density at radius 1 is 1.39 bits per heavy atom. The molecule has 1 aliphatic rings. The van der Waals surface area contributed by atoms with E-state index in [0.717, 1.165) is 32.5 Å². The minimum atomic E-state index is -0.176. The Hall–Kier alpha value is -0.610. The van der Waals surface area contributed by atoms with Crippen molar-refractivity contribution in [1.29, 1.82) is 0 Å². The predicted octanol–water partition coefficient (Wildman–Crippen LogP) is 1.97. The molecule has 106 valence electrons. The van der Waals surface area contributed by atoms with Crippen molar-refractivity contribution in [2.45, 2.75) is 40.0 Å². The highest BCUT2D eigenvalue weighted by atomic mass is 16.5. The third-order valence-electron chi connectivity index (χ3n) is 3.28. The lowest BCUT2D eigenvalue weighted by molar-refractivity contribution is -0.151. The van der Waals surface area contributed by atoms with Gasteiger partial charge in [-0.05, 0) is 30.6 Å². The zero-order chi connectivity index (χ0) is 13.6. The van der Waals surface area contributed by atoms with Crippen LogP contribution in [0.15, 0.2) is 0 Å². The molecule has 1 atom stereocenters. The molecule has 1 rings (SSSR count). The van der Waals surface area contributed by atoms with Crippen LogP contribution in [0.3, 0.4) is 0 Å². The Balaban J connectivity index is 2.32. The highest BCUT2D eigenvalue weighted by Crippen LogP contribution is 2.25. The summed E-state index contributed by atoms with van der Waals surface area (Å²) in [5.74, 6) is 0.138. The Bertz CT molecular complexity index is 254. The quantitative estimate of drug-likeness (QED) is 0.765. The molecule has 0 aromatic rings. The molecule has 1 fully saturated rings. The summed E-state index contributed by atoms with van der Waals surface area (Å²) in [4.78, 5) is 12.0. The largest absolute Gasteiger partial charge is 0.465 e. The first-order chi connectivity index (χ1) is 8.42. The molecule has 2 N–H and O–H groups in total. The molecule has 1 aliphatic heterocycles. The van der Waals surface area contributed by atoms with E-state index < -0.39 is 0 Å². The van der Waals surface area contributed by atoms with E-state index in [-0.39, 0.29) is 17.3 Å². The van der Waals surface area contributed by atoms with Crippen molar-refractivity contribution in [2.75, 3.05) is 26.4 Å². The molecule has 1 heterocycles. The monoisotopic (exact) mass is 257 g/mol. The van der Waals surface area contributed by atoms with Crippen molar-refractivity contribution < 1.29 is 14.3 Å². The van der Waals surface area contributed by atoms with Gasteiger partial charge in [0.25, 0.3) is 0 Å². The summed E-state index contributed by atoms with van der Waals surface area (Å²) in [6.07, 6.45) is 2.75. The van der Waals surface area contributed by atoms with Crippen LogP contribution in [0, 0.1) is 17.3 Å². The maximum absolute atomic E-state index is 12.0. The number of carbonyl (C=O) groups is 1. The summed E-state index contributed by atoms with van der Waals surface area (Å²) in [6, 6.07) is 0. The van der Waals surface area contributed by atoms with E-state index in [1.807, 2.05) is 0 Å². The molecule has 4 heteroatoms. The second kappa shape index (κ2) is 7.10. The molecule has 0 aliphatic carbocycles. The Morgan fingerprint density at radius 3 is 2.50 bits per heavy atom. The van der Waals surface area contributed by atoms with Gasteiger partial charge in [0.15, 0.2) is 0 Å². The fraction of sp³-hybridized carbons (Fsp3) is 0.929. The summed E-state index contributed by atoms with van der Waals surface area (Å²) < 4.78 is 10.7. The van der Waals surface area contributed by atoms with Crippen LogP contribution in [0.25, 0.3) is 0 Å². The van der Waals surface area contributed by atoms with E-state index in [1.54, 1.807) is 0 Å². The average molecular weight is 257 g/mol. The summed E-state index contributed by atoms with van der Waals surface area (Å²) >= 11 is 0. The lowest BCUT2D eigenvalue weighted by Gasteiger charge is -2.25. The number of carbonyl (C=O) groups excluding carboxylic acids is 1. The van der Waals surface area contributed by atoms with Crippen molar-refractivity contribution in [1.82, 2.24) is 0 Å². The second-order valence-corrected chi connectivity index (χ2v) is 6.38. The molecule has 1 saturated heterocycles. The second-order valence-electron chi connectivity index (χ2n) is 6.38. The Morgan fingerprint density at radius 2 is 2.00 bits per heavy atom. The standard InChI is InChI=1S/C14H27NO3/c1-14(2,3)8-12(9-15)13(16)18-10-11-4-6-17-7-5-11/h11-12H,4-10,15H2,1-3H3. The highest BCUT2D eigenvalue weighted by Gasteiger charge is 2.26. The van der Waals surface area contributed by atoms with Gasteiger partial charge in [-0.1, -0.05) is 20.8 Å². The minimum absolute atomic E-state index is 0.0989. The molecule has 4 nitrogen and oxygen atoms in total. The maximum atomic E-state index is 12.0. The summed E-state index contributed by atoms with van der Waals surface area (Å²) in [7, 11) is 0. The van der Waals surface area contributed by atoms with Crippen LogP contribution in [0.2, 0.25) is 0 Å². The molecule has 0 bridgehead atoms. The van der Waals surface area contributed by atoms with E-state index >= 15 is 0 Å². The fourth-order valence-electron chi connectivity index (χ4n) is 2.23. The first-order valence-electron chi connectivity index (χ1n) is 6.87. The van der Waals surface area contributed by atoms with Gasteiger partial charge >= 0.3 is 5.97 Å². The lowest BCUT2D eigenvalue weighted by atomic mass is 9.84. The van der Waals surface area contributed by atoms with Crippen LogP contribution >= 0.6 is 0 Å². The number of hydrogen-bond acceptors (Lipinski definition) is 4. The van der Waals surface area contributed by atoms with Crippen LogP contribution in [-0.2, 0) is 14.3 Å². The van der Waals surface area contributed by atoms with Gasteiger partial charge in [-0.3, -0.25) is 4.79 Å². The van der Waals surface area contributed by atoms with Gasteiger partial charge in [-0.15, -0.1) is 0 Å². The molecule has 0 aromatic heterocycles. The first-order valence-corrected chi connectivity index (χ1v) is 6.87. The number of ether oxygens (including phenoxy) is 2. The third-order valence-corrected chi connectivity index (χ3v) is 3.28. The zero-order valence-electron chi connectivity index (χ0n) is 11.9. The van der Waals surface area contributed by atoms with Crippen LogP contribution in [0.5, 0.6) is 0 Å². The van der Waals surface area contributed by atoms with Crippen molar-refractivity contribution in [3.63, 3.8) is 0 Å². The molecular weight excluding hydrogens is 230 g/mol. The average Bonchev–Trinajstić information content (AvgIpc) is 2.33. The summed E-state index contributed by atoms with van der Waals surface area (Å²) in [5.41, 5.74) is 5.77. The number of rotatable bonds is 5. The smallest absolute Gasteiger partial charge is 0.310 e. The van der Waals surface area contributed by atoms with Crippen molar-refractivity contribution in [3.05, 3.63) is 0 Å².